The summed E-state index contributed by atoms with van der Waals surface area (Å²) in [6.07, 6.45) is 1.50. The molecule has 7 nitrogen and oxygen atoms in total. The van der Waals surface area contributed by atoms with E-state index < -0.39 is 10.0 Å². The number of anilines is 1. The molecule has 0 atom stereocenters. The molecule has 0 saturated carbocycles. The Labute approximate surface area is 196 Å². The Bertz CT molecular complexity index is 1020. The van der Waals surface area contributed by atoms with Crippen molar-refractivity contribution in [3.63, 3.8) is 0 Å². The fourth-order valence-electron chi connectivity index (χ4n) is 3.03. The second-order valence-electron chi connectivity index (χ2n) is 7.53. The number of rotatable bonds is 10. The number of hydrogen-bond acceptors (Lipinski definition) is 5. The van der Waals surface area contributed by atoms with Crippen molar-refractivity contribution in [2.75, 3.05) is 18.4 Å². The van der Waals surface area contributed by atoms with Crippen LogP contribution in [0.15, 0.2) is 53.4 Å². The largest absolute Gasteiger partial charge is 0.491 e. The van der Waals surface area contributed by atoms with E-state index in [0.29, 0.717) is 30.1 Å². The molecule has 32 heavy (non-hydrogen) atoms. The number of carbonyl (C=O) groups is 1. The van der Waals surface area contributed by atoms with Crippen molar-refractivity contribution in [2.24, 2.45) is 0 Å². The summed E-state index contributed by atoms with van der Waals surface area (Å²) in [4.78, 5) is 12.7. The molecule has 0 aromatic heterocycles. The lowest BCUT2D eigenvalue weighted by atomic mass is 10.2. The molecule has 9 heteroatoms. The summed E-state index contributed by atoms with van der Waals surface area (Å²) < 4.78 is 32.8. The zero-order valence-corrected chi connectivity index (χ0v) is 20.6. The topological polar surface area (TPSA) is 87.7 Å². The average Bonchev–Trinajstić information content (AvgIpc) is 2.73. The van der Waals surface area contributed by atoms with E-state index in [1.54, 1.807) is 36.4 Å². The fourth-order valence-corrected chi connectivity index (χ4v) is 4.87. The summed E-state index contributed by atoms with van der Waals surface area (Å²) in [6.45, 7) is 8.69. The van der Waals surface area contributed by atoms with Gasteiger partial charge in [0.05, 0.1) is 11.0 Å². The number of ether oxygens (including phenoxy) is 1. The Hall–Kier alpha value is -2.49. The van der Waals surface area contributed by atoms with Gasteiger partial charge in [0.15, 0.2) is 5.11 Å². The van der Waals surface area contributed by atoms with Crippen molar-refractivity contribution < 1.29 is 17.9 Å². The molecule has 2 N–H and O–H groups in total. The maximum atomic E-state index is 12.9. The first-order valence-corrected chi connectivity index (χ1v) is 12.5. The molecule has 0 unspecified atom stereocenters. The van der Waals surface area contributed by atoms with E-state index in [0.717, 1.165) is 12.8 Å². The molecule has 2 rings (SSSR count). The van der Waals surface area contributed by atoms with Crippen LogP contribution in [0.25, 0.3) is 0 Å². The molecule has 0 bridgehead atoms. The predicted molar refractivity (Wildman–Crippen MR) is 132 cm³/mol. The third-order valence-electron chi connectivity index (χ3n) is 4.39. The van der Waals surface area contributed by atoms with Crippen LogP contribution in [0.1, 0.15) is 50.9 Å². The first-order valence-electron chi connectivity index (χ1n) is 10.7. The van der Waals surface area contributed by atoms with Gasteiger partial charge in [-0.25, -0.2) is 8.42 Å². The molecule has 0 heterocycles. The molecule has 2 aromatic rings. The Morgan fingerprint density at radius 2 is 1.69 bits per heavy atom. The number of carbonyl (C=O) groups excluding carboxylic acids is 1. The number of benzene rings is 2. The summed E-state index contributed by atoms with van der Waals surface area (Å²) in [5.74, 6) is 0.231. The van der Waals surface area contributed by atoms with Crippen LogP contribution < -0.4 is 15.4 Å². The molecule has 2 aromatic carbocycles. The molecule has 0 saturated heterocycles. The van der Waals surface area contributed by atoms with Crippen molar-refractivity contribution in [2.45, 2.75) is 51.5 Å². The Morgan fingerprint density at radius 1 is 1.06 bits per heavy atom. The van der Waals surface area contributed by atoms with E-state index in [2.05, 4.69) is 10.6 Å². The van der Waals surface area contributed by atoms with Gasteiger partial charge in [-0.15, -0.1) is 0 Å². The first-order chi connectivity index (χ1) is 15.2. The van der Waals surface area contributed by atoms with Gasteiger partial charge in [0.25, 0.3) is 5.91 Å². The van der Waals surface area contributed by atoms with Crippen LogP contribution in [0.4, 0.5) is 5.69 Å². The Morgan fingerprint density at radius 3 is 2.25 bits per heavy atom. The van der Waals surface area contributed by atoms with Gasteiger partial charge in [-0.2, -0.15) is 4.31 Å². The summed E-state index contributed by atoms with van der Waals surface area (Å²) in [5, 5.41) is 5.64. The van der Waals surface area contributed by atoms with Gasteiger partial charge in [0.2, 0.25) is 10.0 Å². The zero-order chi connectivity index (χ0) is 23.7. The van der Waals surface area contributed by atoms with Gasteiger partial charge in [-0.05, 0) is 81.4 Å². The van der Waals surface area contributed by atoms with E-state index >= 15 is 0 Å². The summed E-state index contributed by atoms with van der Waals surface area (Å²) in [7, 11) is -3.55. The number of amides is 1. The lowest BCUT2D eigenvalue weighted by Gasteiger charge is -2.21. The second-order valence-corrected chi connectivity index (χ2v) is 9.88. The normalized spacial score (nSPS) is 11.4. The standard InChI is InChI=1S/C23H31N3O4S2/c1-5-14-26(15-6-2)32(28,29)21-12-10-19(11-13-21)24-23(31)25-22(27)18-8-7-9-20(16-18)30-17(3)4/h7-13,16-17H,5-6,14-15H2,1-4H3,(H2,24,25,27,31). The summed E-state index contributed by atoms with van der Waals surface area (Å²) in [5.41, 5.74) is 0.990. The maximum absolute atomic E-state index is 12.9. The molecule has 0 spiro atoms. The van der Waals surface area contributed by atoms with Crippen LogP contribution in [-0.4, -0.2) is 42.9 Å². The van der Waals surface area contributed by atoms with Crippen LogP contribution in [-0.2, 0) is 10.0 Å². The third kappa shape index (κ3) is 7.29. The Balaban J connectivity index is 2.03. The van der Waals surface area contributed by atoms with Gasteiger partial charge in [0, 0.05) is 24.3 Å². The third-order valence-corrected chi connectivity index (χ3v) is 6.51. The van der Waals surface area contributed by atoms with Crippen molar-refractivity contribution in [3.8, 4) is 5.75 Å². The fraction of sp³-hybridized carbons (Fsp3) is 0.391. The number of sulfonamides is 1. The highest BCUT2D eigenvalue weighted by molar-refractivity contribution is 7.89. The lowest BCUT2D eigenvalue weighted by Crippen LogP contribution is -2.34. The van der Waals surface area contributed by atoms with E-state index in [4.69, 9.17) is 17.0 Å². The Kier molecular flexibility index (Phi) is 9.61. The van der Waals surface area contributed by atoms with E-state index in [1.165, 1.54) is 16.4 Å². The first kappa shape index (κ1) is 25.8. The number of nitrogens with zero attached hydrogens (tertiary/aromatic N) is 1. The van der Waals surface area contributed by atoms with Crippen molar-refractivity contribution >= 4 is 38.9 Å². The molecule has 0 aliphatic carbocycles. The van der Waals surface area contributed by atoms with Crippen LogP contribution in [0.2, 0.25) is 0 Å². The lowest BCUT2D eigenvalue weighted by molar-refractivity contribution is 0.0977. The molecular formula is C23H31N3O4S2. The van der Waals surface area contributed by atoms with Gasteiger partial charge in [-0.1, -0.05) is 19.9 Å². The van der Waals surface area contributed by atoms with Gasteiger partial charge in [-0.3, -0.25) is 10.1 Å². The maximum Gasteiger partial charge on any atom is 0.257 e. The summed E-state index contributed by atoms with van der Waals surface area (Å²) in [6, 6.07) is 13.2. The number of hydrogen-bond donors (Lipinski definition) is 2. The van der Waals surface area contributed by atoms with Gasteiger partial charge < -0.3 is 10.1 Å². The monoisotopic (exact) mass is 477 g/mol. The van der Waals surface area contributed by atoms with Crippen molar-refractivity contribution in [1.29, 1.82) is 0 Å². The smallest absolute Gasteiger partial charge is 0.257 e. The molecule has 0 fully saturated rings. The second kappa shape index (κ2) is 11.9. The van der Waals surface area contributed by atoms with Crippen molar-refractivity contribution in [3.05, 3.63) is 54.1 Å². The highest BCUT2D eigenvalue weighted by Crippen LogP contribution is 2.19. The van der Waals surface area contributed by atoms with Crippen molar-refractivity contribution in [1.82, 2.24) is 9.62 Å². The van der Waals surface area contributed by atoms with Crippen LogP contribution >= 0.6 is 12.2 Å². The molecule has 0 radical (unpaired) electrons. The zero-order valence-electron chi connectivity index (χ0n) is 18.9. The van der Waals surface area contributed by atoms with E-state index in [-0.39, 0.29) is 22.0 Å². The van der Waals surface area contributed by atoms with Crippen LogP contribution in [0.3, 0.4) is 0 Å². The average molecular weight is 478 g/mol. The highest BCUT2D eigenvalue weighted by Gasteiger charge is 2.22. The quantitative estimate of drug-likeness (QED) is 0.493. The molecular weight excluding hydrogens is 446 g/mol. The molecule has 0 aliphatic rings. The SMILES string of the molecule is CCCN(CCC)S(=O)(=O)c1ccc(NC(=S)NC(=O)c2cccc(OC(C)C)c2)cc1. The predicted octanol–water partition coefficient (Wildman–Crippen LogP) is 4.41. The minimum atomic E-state index is -3.55. The molecule has 1 amide bonds. The number of thiocarbonyl (C=S) groups is 1. The summed E-state index contributed by atoms with van der Waals surface area (Å²) >= 11 is 5.23. The van der Waals surface area contributed by atoms with Gasteiger partial charge in [0.1, 0.15) is 5.75 Å². The highest BCUT2D eigenvalue weighted by atomic mass is 32.2. The minimum absolute atomic E-state index is 0.00105. The van der Waals surface area contributed by atoms with Gasteiger partial charge >= 0.3 is 0 Å². The molecule has 0 aliphatic heterocycles. The van der Waals surface area contributed by atoms with Crippen LogP contribution in [0, 0.1) is 0 Å². The van der Waals surface area contributed by atoms with E-state index in [9.17, 15) is 13.2 Å². The minimum Gasteiger partial charge on any atom is -0.491 e. The number of nitrogens with one attached hydrogen (secondary N) is 2. The van der Waals surface area contributed by atoms with E-state index in [1.807, 2.05) is 27.7 Å². The molecule has 174 valence electrons. The van der Waals surface area contributed by atoms with Crippen LogP contribution in [0.5, 0.6) is 5.75 Å².